The van der Waals surface area contributed by atoms with Crippen molar-refractivity contribution in [3.8, 4) is 22.6 Å². The first kappa shape index (κ1) is 22.8. The smallest absolute Gasteiger partial charge is 0.416 e. The van der Waals surface area contributed by atoms with Crippen LogP contribution in [-0.2, 0) is 16.4 Å². The van der Waals surface area contributed by atoms with Crippen molar-refractivity contribution in [2.75, 3.05) is 19.2 Å². The van der Waals surface area contributed by atoms with E-state index in [0.717, 1.165) is 17.7 Å². The van der Waals surface area contributed by atoms with E-state index >= 15 is 0 Å². The van der Waals surface area contributed by atoms with Gasteiger partial charge in [-0.2, -0.15) is 13.2 Å². The number of anilines is 1. The van der Waals surface area contributed by atoms with Crippen LogP contribution in [0.2, 0.25) is 0 Å². The summed E-state index contributed by atoms with van der Waals surface area (Å²) in [6, 6.07) is 14.9. The Morgan fingerprint density at radius 2 is 1.69 bits per heavy atom. The van der Waals surface area contributed by atoms with Crippen LogP contribution in [0.15, 0.2) is 60.7 Å². The van der Waals surface area contributed by atoms with Gasteiger partial charge in [0.15, 0.2) is 11.5 Å². The fraction of sp³-hybridized carbons (Fsp3) is 0.231. The second-order valence-corrected chi connectivity index (χ2v) is 8.56. The Balaban J connectivity index is 1.48. The van der Waals surface area contributed by atoms with Gasteiger partial charge in [0, 0.05) is 18.3 Å². The van der Waals surface area contributed by atoms with Crippen LogP contribution in [0.4, 0.5) is 18.9 Å². The lowest BCUT2D eigenvalue weighted by molar-refractivity contribution is -0.137. The molecule has 2 aliphatic rings. The lowest BCUT2D eigenvalue weighted by atomic mass is 9.94. The predicted octanol–water partition coefficient (Wildman–Crippen LogP) is 5.13. The maximum atomic E-state index is 13.7. The number of alkyl halides is 3. The zero-order valence-electron chi connectivity index (χ0n) is 18.7. The van der Waals surface area contributed by atoms with E-state index in [1.165, 1.54) is 19.2 Å². The number of carbonyl (C=O) groups excluding carboxylic acids is 2. The molecule has 2 N–H and O–H groups in total. The van der Waals surface area contributed by atoms with Crippen molar-refractivity contribution in [3.05, 3.63) is 77.4 Å². The minimum absolute atomic E-state index is 0.0252. The van der Waals surface area contributed by atoms with Crippen molar-refractivity contribution in [2.24, 2.45) is 0 Å². The first-order chi connectivity index (χ1) is 16.7. The van der Waals surface area contributed by atoms with Gasteiger partial charge in [0.25, 0.3) is 5.91 Å². The van der Waals surface area contributed by atoms with Crippen molar-refractivity contribution in [3.63, 3.8) is 0 Å². The molecule has 35 heavy (non-hydrogen) atoms. The highest BCUT2D eigenvalue weighted by Gasteiger charge is 2.51. The minimum Gasteiger partial charge on any atom is -0.454 e. The summed E-state index contributed by atoms with van der Waals surface area (Å²) in [7, 11) is 1.47. The highest BCUT2D eigenvalue weighted by Crippen LogP contribution is 2.51. The Bertz CT molecular complexity index is 1330. The van der Waals surface area contributed by atoms with Crippen LogP contribution in [0, 0.1) is 0 Å². The maximum absolute atomic E-state index is 13.7. The fourth-order valence-electron chi connectivity index (χ4n) is 4.23. The van der Waals surface area contributed by atoms with Crippen molar-refractivity contribution >= 4 is 17.5 Å². The largest absolute Gasteiger partial charge is 0.454 e. The molecule has 0 radical (unpaired) electrons. The number of amides is 2. The van der Waals surface area contributed by atoms with Crippen LogP contribution in [0.1, 0.15) is 34.3 Å². The molecule has 2 amide bonds. The van der Waals surface area contributed by atoms with E-state index in [4.69, 9.17) is 9.47 Å². The molecule has 0 aromatic heterocycles. The summed E-state index contributed by atoms with van der Waals surface area (Å²) in [5, 5.41) is 5.19. The zero-order valence-corrected chi connectivity index (χ0v) is 18.7. The van der Waals surface area contributed by atoms with Crippen LogP contribution >= 0.6 is 0 Å². The molecular weight excluding hydrogens is 461 g/mol. The van der Waals surface area contributed by atoms with Gasteiger partial charge in [-0.1, -0.05) is 18.2 Å². The van der Waals surface area contributed by atoms with Crippen LogP contribution in [0.25, 0.3) is 11.1 Å². The van der Waals surface area contributed by atoms with Gasteiger partial charge in [0.1, 0.15) is 0 Å². The molecule has 0 unspecified atom stereocenters. The van der Waals surface area contributed by atoms with Crippen LogP contribution in [0.5, 0.6) is 11.5 Å². The number of hydrogen-bond acceptors (Lipinski definition) is 4. The molecule has 3 aromatic rings. The molecular formula is C26H21F3N2O4. The molecule has 0 atom stereocenters. The fourth-order valence-corrected chi connectivity index (χ4v) is 4.23. The Kier molecular flexibility index (Phi) is 5.42. The van der Waals surface area contributed by atoms with Gasteiger partial charge in [0.2, 0.25) is 12.7 Å². The number of nitrogens with one attached hydrogen (secondary N) is 2. The third-order valence-electron chi connectivity index (χ3n) is 6.31. The van der Waals surface area contributed by atoms with E-state index in [1.54, 1.807) is 36.4 Å². The third-order valence-corrected chi connectivity index (χ3v) is 6.31. The Morgan fingerprint density at radius 1 is 0.914 bits per heavy atom. The molecule has 0 bridgehead atoms. The second kappa shape index (κ2) is 8.33. The highest BCUT2D eigenvalue weighted by atomic mass is 19.4. The molecule has 1 aliphatic carbocycles. The number of carbonyl (C=O) groups is 2. The summed E-state index contributed by atoms with van der Waals surface area (Å²) in [6.45, 7) is 0.103. The monoisotopic (exact) mass is 482 g/mol. The topological polar surface area (TPSA) is 76.7 Å². The summed E-state index contributed by atoms with van der Waals surface area (Å²) >= 11 is 0. The average Bonchev–Trinajstić information content (AvgIpc) is 3.53. The molecule has 1 saturated carbocycles. The molecule has 1 fully saturated rings. The van der Waals surface area contributed by atoms with Gasteiger partial charge >= 0.3 is 6.18 Å². The SMILES string of the molecule is CNC(=O)c1cccc(-c2cc(NC(=O)C3(c4ccc5c(c4)OCO5)CC3)cc(C(F)(F)F)c2)c1. The van der Waals surface area contributed by atoms with E-state index < -0.39 is 17.2 Å². The van der Waals surface area contributed by atoms with Gasteiger partial charge in [-0.25, -0.2) is 0 Å². The van der Waals surface area contributed by atoms with Crippen LogP contribution in [0.3, 0.4) is 0 Å². The molecule has 180 valence electrons. The van der Waals surface area contributed by atoms with Crippen molar-refractivity contribution in [1.29, 1.82) is 0 Å². The van der Waals surface area contributed by atoms with Gasteiger partial charge in [0.05, 0.1) is 11.0 Å². The maximum Gasteiger partial charge on any atom is 0.416 e. The molecule has 1 aliphatic heterocycles. The predicted molar refractivity (Wildman–Crippen MR) is 122 cm³/mol. The first-order valence-corrected chi connectivity index (χ1v) is 11.0. The standard InChI is InChI=1S/C26H21F3N2O4/c1-30-23(32)16-4-2-3-15(9-16)17-10-19(26(27,28)29)12-20(11-17)31-24(33)25(7-8-25)18-5-6-21-22(13-18)35-14-34-21/h2-6,9-13H,7-8,14H2,1H3,(H,30,32)(H,31,33). The highest BCUT2D eigenvalue weighted by molar-refractivity contribution is 6.02. The number of benzene rings is 3. The van der Waals surface area contributed by atoms with Gasteiger partial charge in [-0.15, -0.1) is 0 Å². The van der Waals surface area contributed by atoms with Crippen molar-refractivity contribution < 1.29 is 32.2 Å². The summed E-state index contributed by atoms with van der Waals surface area (Å²) in [5.41, 5.74) is -0.0224. The minimum atomic E-state index is -4.62. The lowest BCUT2D eigenvalue weighted by Gasteiger charge is -2.18. The number of ether oxygens (including phenoxy) is 2. The number of rotatable bonds is 5. The second-order valence-electron chi connectivity index (χ2n) is 8.56. The molecule has 0 spiro atoms. The molecule has 9 heteroatoms. The van der Waals surface area contributed by atoms with Crippen LogP contribution < -0.4 is 20.1 Å². The molecule has 6 nitrogen and oxygen atoms in total. The Labute approximate surface area is 199 Å². The van der Waals surface area contributed by atoms with Gasteiger partial charge < -0.3 is 20.1 Å². The number of hydrogen-bond donors (Lipinski definition) is 2. The Hall–Kier alpha value is -4.01. The van der Waals surface area contributed by atoms with Crippen LogP contribution in [-0.4, -0.2) is 25.7 Å². The first-order valence-electron chi connectivity index (χ1n) is 11.0. The third kappa shape index (κ3) is 4.29. The summed E-state index contributed by atoms with van der Waals surface area (Å²) < 4.78 is 51.8. The number of halogens is 3. The summed E-state index contributed by atoms with van der Waals surface area (Å²) in [5.74, 6) is 0.387. The van der Waals surface area contributed by atoms with Crippen molar-refractivity contribution in [2.45, 2.75) is 24.4 Å². The lowest BCUT2D eigenvalue weighted by Crippen LogP contribution is -2.28. The summed E-state index contributed by atoms with van der Waals surface area (Å²) in [4.78, 5) is 25.3. The Morgan fingerprint density at radius 3 is 2.40 bits per heavy atom. The average molecular weight is 482 g/mol. The van der Waals surface area contributed by atoms with E-state index in [0.29, 0.717) is 35.5 Å². The summed E-state index contributed by atoms with van der Waals surface area (Å²) in [6.07, 6.45) is -3.49. The van der Waals surface area contributed by atoms with E-state index in [-0.39, 0.29) is 29.9 Å². The molecule has 1 heterocycles. The normalized spacial score (nSPS) is 15.4. The van der Waals surface area contributed by atoms with Gasteiger partial charge in [-0.3, -0.25) is 9.59 Å². The van der Waals surface area contributed by atoms with Gasteiger partial charge in [-0.05, 0) is 72.0 Å². The van der Waals surface area contributed by atoms with E-state index in [9.17, 15) is 22.8 Å². The van der Waals surface area contributed by atoms with E-state index in [2.05, 4.69) is 10.6 Å². The zero-order chi connectivity index (χ0) is 24.8. The number of fused-ring (bicyclic) bond motifs is 1. The van der Waals surface area contributed by atoms with E-state index in [1.807, 2.05) is 0 Å². The molecule has 3 aromatic carbocycles. The molecule has 5 rings (SSSR count). The molecule has 0 saturated heterocycles. The van der Waals surface area contributed by atoms with Crippen molar-refractivity contribution in [1.82, 2.24) is 5.32 Å². The quantitative estimate of drug-likeness (QED) is 0.529.